The third-order valence-electron chi connectivity index (χ3n) is 4.20. The van der Waals surface area contributed by atoms with E-state index in [9.17, 15) is 4.39 Å². The van der Waals surface area contributed by atoms with Gasteiger partial charge in [0.2, 0.25) is 0 Å². The second-order valence-corrected chi connectivity index (χ2v) is 6.67. The molecule has 1 aromatic carbocycles. The molecule has 1 aliphatic rings. The van der Waals surface area contributed by atoms with Crippen molar-refractivity contribution in [3.63, 3.8) is 0 Å². The Kier molecular flexibility index (Phi) is 8.08. The van der Waals surface area contributed by atoms with Crippen LogP contribution in [0, 0.1) is 5.82 Å². The number of rotatable bonds is 3. The van der Waals surface area contributed by atoms with E-state index in [0.717, 1.165) is 43.5 Å². The summed E-state index contributed by atoms with van der Waals surface area (Å²) in [5.74, 6) is 1.60. The van der Waals surface area contributed by atoms with Gasteiger partial charge in [0.25, 0.3) is 0 Å². The van der Waals surface area contributed by atoms with Crippen molar-refractivity contribution in [2.24, 2.45) is 4.99 Å². The number of aromatic nitrogens is 1. The van der Waals surface area contributed by atoms with Crippen LogP contribution in [0.4, 0.5) is 10.2 Å². The van der Waals surface area contributed by atoms with Crippen LogP contribution < -0.4 is 10.2 Å². The van der Waals surface area contributed by atoms with Crippen molar-refractivity contribution >= 4 is 51.7 Å². The van der Waals surface area contributed by atoms with Crippen molar-refractivity contribution in [3.8, 4) is 0 Å². The zero-order chi connectivity index (χ0) is 17.6. The van der Waals surface area contributed by atoms with Crippen LogP contribution in [0.1, 0.15) is 5.56 Å². The molecule has 1 aromatic heterocycles. The third kappa shape index (κ3) is 5.29. The SMILES string of the molecule is CN=C(NCc1ccc(Br)c(F)c1)N1CCN(c2ccccn2)CC1.I. The predicted octanol–water partition coefficient (Wildman–Crippen LogP) is 3.50. The highest BCUT2D eigenvalue weighted by atomic mass is 127. The highest BCUT2D eigenvalue weighted by Crippen LogP contribution is 2.16. The molecule has 2 aromatic rings. The smallest absolute Gasteiger partial charge is 0.194 e. The highest BCUT2D eigenvalue weighted by molar-refractivity contribution is 14.0. The summed E-state index contributed by atoms with van der Waals surface area (Å²) in [4.78, 5) is 13.3. The standard InChI is InChI=1S/C18H21BrFN5.HI/c1-21-18(23-13-14-5-6-15(19)16(20)12-14)25-10-8-24(9-11-25)17-4-2-3-7-22-17;/h2-7,12H,8-11,13H2,1H3,(H,21,23);1H. The minimum absolute atomic E-state index is 0. The minimum atomic E-state index is -0.252. The van der Waals surface area contributed by atoms with Crippen LogP contribution in [-0.2, 0) is 6.54 Å². The molecule has 0 atom stereocenters. The van der Waals surface area contributed by atoms with Crippen molar-refractivity contribution < 1.29 is 4.39 Å². The molecule has 0 unspecified atom stereocenters. The van der Waals surface area contributed by atoms with E-state index in [2.05, 4.69) is 41.0 Å². The summed E-state index contributed by atoms with van der Waals surface area (Å²) in [6, 6.07) is 11.1. The predicted molar refractivity (Wildman–Crippen MR) is 118 cm³/mol. The summed E-state index contributed by atoms with van der Waals surface area (Å²) >= 11 is 3.17. The fourth-order valence-electron chi connectivity index (χ4n) is 2.85. The average Bonchev–Trinajstić information content (AvgIpc) is 2.66. The highest BCUT2D eigenvalue weighted by Gasteiger charge is 2.20. The lowest BCUT2D eigenvalue weighted by molar-refractivity contribution is 0.371. The fourth-order valence-corrected chi connectivity index (χ4v) is 3.10. The van der Waals surface area contributed by atoms with Gasteiger partial charge < -0.3 is 15.1 Å². The molecule has 0 bridgehead atoms. The van der Waals surface area contributed by atoms with E-state index in [0.29, 0.717) is 11.0 Å². The lowest BCUT2D eigenvalue weighted by Gasteiger charge is -2.37. The topological polar surface area (TPSA) is 43.8 Å². The summed E-state index contributed by atoms with van der Waals surface area (Å²) in [5.41, 5.74) is 0.883. The van der Waals surface area contributed by atoms with Gasteiger partial charge in [0.15, 0.2) is 5.96 Å². The molecule has 2 heterocycles. The van der Waals surface area contributed by atoms with Gasteiger partial charge in [-0.05, 0) is 45.8 Å². The molecule has 0 aliphatic carbocycles. The first-order valence-electron chi connectivity index (χ1n) is 8.23. The van der Waals surface area contributed by atoms with E-state index in [-0.39, 0.29) is 29.8 Å². The zero-order valence-electron chi connectivity index (χ0n) is 14.5. The molecular weight excluding hydrogens is 512 g/mol. The number of guanidine groups is 1. The molecule has 5 nitrogen and oxygen atoms in total. The van der Waals surface area contributed by atoms with Crippen LogP contribution in [0.3, 0.4) is 0 Å². The second kappa shape index (κ2) is 10.1. The number of halogens is 3. The Labute approximate surface area is 178 Å². The maximum Gasteiger partial charge on any atom is 0.194 e. The lowest BCUT2D eigenvalue weighted by Crippen LogP contribution is -2.52. The number of nitrogens with zero attached hydrogens (tertiary/aromatic N) is 4. The van der Waals surface area contributed by atoms with Crippen molar-refractivity contribution in [1.82, 2.24) is 15.2 Å². The maximum atomic E-state index is 13.6. The summed E-state index contributed by atoms with van der Waals surface area (Å²) in [5, 5.41) is 3.32. The molecule has 0 saturated carbocycles. The monoisotopic (exact) mass is 533 g/mol. The fraction of sp³-hybridized carbons (Fsp3) is 0.333. The van der Waals surface area contributed by atoms with Gasteiger partial charge in [-0.25, -0.2) is 9.37 Å². The Balaban J connectivity index is 0.00000243. The Morgan fingerprint density at radius 1 is 1.23 bits per heavy atom. The molecule has 0 amide bonds. The molecule has 1 saturated heterocycles. The van der Waals surface area contributed by atoms with Crippen molar-refractivity contribution in [2.45, 2.75) is 6.54 Å². The zero-order valence-corrected chi connectivity index (χ0v) is 18.4. The number of hydrogen-bond acceptors (Lipinski definition) is 3. The molecule has 1 fully saturated rings. The molecule has 1 N–H and O–H groups in total. The maximum absolute atomic E-state index is 13.6. The molecule has 0 radical (unpaired) electrons. The molecule has 26 heavy (non-hydrogen) atoms. The van der Waals surface area contributed by atoms with Crippen LogP contribution in [-0.4, -0.2) is 49.1 Å². The Morgan fingerprint density at radius 3 is 2.62 bits per heavy atom. The summed E-state index contributed by atoms with van der Waals surface area (Å²) in [7, 11) is 1.77. The summed E-state index contributed by atoms with van der Waals surface area (Å²) < 4.78 is 14.1. The van der Waals surface area contributed by atoms with E-state index >= 15 is 0 Å². The van der Waals surface area contributed by atoms with Gasteiger partial charge >= 0.3 is 0 Å². The Bertz CT molecular complexity index is 736. The third-order valence-corrected chi connectivity index (χ3v) is 4.84. The lowest BCUT2D eigenvalue weighted by atomic mass is 10.2. The number of benzene rings is 1. The van der Waals surface area contributed by atoms with Crippen LogP contribution in [0.2, 0.25) is 0 Å². The van der Waals surface area contributed by atoms with Crippen LogP contribution >= 0.6 is 39.9 Å². The largest absolute Gasteiger partial charge is 0.353 e. The number of nitrogens with one attached hydrogen (secondary N) is 1. The van der Waals surface area contributed by atoms with Crippen LogP contribution in [0.15, 0.2) is 52.1 Å². The number of pyridine rings is 1. The van der Waals surface area contributed by atoms with Gasteiger partial charge in [0, 0.05) is 46.0 Å². The number of piperazine rings is 1. The van der Waals surface area contributed by atoms with Crippen molar-refractivity contribution in [1.29, 1.82) is 0 Å². The van der Waals surface area contributed by atoms with Gasteiger partial charge in [-0.1, -0.05) is 12.1 Å². The Morgan fingerprint density at radius 2 is 2.00 bits per heavy atom. The molecule has 3 rings (SSSR count). The van der Waals surface area contributed by atoms with Crippen LogP contribution in [0.5, 0.6) is 0 Å². The molecular formula is C18H22BrFIN5. The minimum Gasteiger partial charge on any atom is -0.353 e. The number of aliphatic imine (C=N–C) groups is 1. The Hall–Kier alpha value is -1.42. The second-order valence-electron chi connectivity index (χ2n) is 5.81. The molecule has 1 aliphatic heterocycles. The first kappa shape index (κ1) is 20.9. The van der Waals surface area contributed by atoms with Gasteiger partial charge in [-0.3, -0.25) is 4.99 Å². The molecule has 8 heteroatoms. The van der Waals surface area contributed by atoms with Gasteiger partial charge in [-0.15, -0.1) is 24.0 Å². The first-order valence-corrected chi connectivity index (χ1v) is 9.02. The number of anilines is 1. The van der Waals surface area contributed by atoms with Crippen molar-refractivity contribution in [2.75, 3.05) is 38.1 Å². The van der Waals surface area contributed by atoms with E-state index in [1.807, 2.05) is 30.5 Å². The molecule has 140 valence electrons. The first-order chi connectivity index (χ1) is 12.2. The molecule has 0 spiro atoms. The average molecular weight is 534 g/mol. The van der Waals surface area contributed by atoms with Crippen molar-refractivity contribution in [3.05, 3.63) is 58.4 Å². The summed E-state index contributed by atoms with van der Waals surface area (Å²) in [6.45, 7) is 4.06. The quantitative estimate of drug-likeness (QED) is 0.372. The van der Waals surface area contributed by atoms with Gasteiger partial charge in [0.05, 0.1) is 4.47 Å². The van der Waals surface area contributed by atoms with E-state index in [1.54, 1.807) is 13.1 Å². The van der Waals surface area contributed by atoms with Crippen LogP contribution in [0.25, 0.3) is 0 Å². The van der Waals surface area contributed by atoms with E-state index in [4.69, 9.17) is 0 Å². The summed E-state index contributed by atoms with van der Waals surface area (Å²) in [6.07, 6.45) is 1.82. The van der Waals surface area contributed by atoms with E-state index in [1.165, 1.54) is 6.07 Å². The van der Waals surface area contributed by atoms with Gasteiger partial charge in [0.1, 0.15) is 11.6 Å². The van der Waals surface area contributed by atoms with Gasteiger partial charge in [-0.2, -0.15) is 0 Å². The number of hydrogen-bond donors (Lipinski definition) is 1. The van der Waals surface area contributed by atoms with E-state index < -0.39 is 0 Å². The normalized spacial score (nSPS) is 14.8.